The van der Waals surface area contributed by atoms with Gasteiger partial charge in [0.25, 0.3) is 0 Å². The highest BCUT2D eigenvalue weighted by Gasteiger charge is 2.58. The van der Waals surface area contributed by atoms with E-state index in [0.29, 0.717) is 22.5 Å². The molecule has 0 saturated heterocycles. The SMILES string of the molecule is CC(=O)C1CCC2C3CC=C4CCCC[C@]4(C)C3CC[C@]12C.CO. The molecule has 0 aromatic carbocycles. The van der Waals surface area contributed by atoms with Crippen molar-refractivity contribution in [3.63, 3.8) is 0 Å². The van der Waals surface area contributed by atoms with Crippen molar-refractivity contribution >= 4 is 5.78 Å². The average Bonchev–Trinajstić information content (AvgIpc) is 2.93. The number of aliphatic hydroxyl groups is 1. The molecule has 4 unspecified atom stereocenters. The standard InChI is InChI=1S/C21H32O.CH4O/c1-14(22)17-9-10-18-16-8-7-15-6-4-5-12-20(15,2)19(16)11-13-21(17,18)3;1-2/h7,16-19H,4-6,8-13H2,1-3H3;2H,1H3/t16?,17?,18?,19?,20-,21+;/m0./s1. The van der Waals surface area contributed by atoms with E-state index in [2.05, 4.69) is 19.9 Å². The highest BCUT2D eigenvalue weighted by molar-refractivity contribution is 5.79. The molecule has 0 heterocycles. The number of aliphatic hydroxyl groups excluding tert-OH is 1. The molecule has 4 aliphatic carbocycles. The molecule has 4 rings (SSSR count). The molecular formula is C22H36O2. The van der Waals surface area contributed by atoms with Crippen molar-refractivity contribution in [1.82, 2.24) is 0 Å². The van der Waals surface area contributed by atoms with Gasteiger partial charge in [-0.05, 0) is 86.9 Å². The molecule has 3 fully saturated rings. The van der Waals surface area contributed by atoms with Crippen molar-refractivity contribution < 1.29 is 9.90 Å². The monoisotopic (exact) mass is 332 g/mol. The first-order valence-corrected chi connectivity index (χ1v) is 10.1. The second kappa shape index (κ2) is 6.59. The molecule has 0 spiro atoms. The van der Waals surface area contributed by atoms with Crippen LogP contribution in [-0.2, 0) is 4.79 Å². The second-order valence-electron chi connectivity index (χ2n) is 9.25. The highest BCUT2D eigenvalue weighted by Crippen LogP contribution is 2.66. The van der Waals surface area contributed by atoms with Gasteiger partial charge in [0.1, 0.15) is 5.78 Å². The zero-order chi connectivity index (χ0) is 17.5. The lowest BCUT2D eigenvalue weighted by atomic mass is 9.47. The average molecular weight is 333 g/mol. The molecule has 0 aromatic heterocycles. The Morgan fingerprint density at radius 3 is 2.54 bits per heavy atom. The fourth-order valence-corrected chi connectivity index (χ4v) is 7.37. The van der Waals surface area contributed by atoms with E-state index in [9.17, 15) is 4.79 Å². The summed E-state index contributed by atoms with van der Waals surface area (Å²) in [4.78, 5) is 12.1. The van der Waals surface area contributed by atoms with E-state index < -0.39 is 0 Å². The molecule has 0 aliphatic heterocycles. The van der Waals surface area contributed by atoms with Crippen molar-refractivity contribution in [3.8, 4) is 0 Å². The first kappa shape index (κ1) is 18.2. The van der Waals surface area contributed by atoms with Gasteiger partial charge in [-0.15, -0.1) is 0 Å². The number of allylic oxidation sites excluding steroid dienone is 2. The van der Waals surface area contributed by atoms with Crippen molar-refractivity contribution in [1.29, 1.82) is 0 Å². The number of fused-ring (bicyclic) bond motifs is 5. The van der Waals surface area contributed by atoms with Crippen LogP contribution in [0.5, 0.6) is 0 Å². The van der Waals surface area contributed by atoms with E-state index in [0.717, 1.165) is 31.3 Å². The zero-order valence-electron chi connectivity index (χ0n) is 16.1. The third-order valence-electron chi connectivity index (χ3n) is 8.51. The Morgan fingerprint density at radius 2 is 1.83 bits per heavy atom. The van der Waals surface area contributed by atoms with Crippen molar-refractivity contribution in [3.05, 3.63) is 11.6 Å². The van der Waals surface area contributed by atoms with Crippen molar-refractivity contribution in [2.45, 2.75) is 78.6 Å². The van der Waals surface area contributed by atoms with Crippen LogP contribution in [0.3, 0.4) is 0 Å². The Kier molecular flexibility index (Phi) is 4.99. The second-order valence-corrected chi connectivity index (χ2v) is 9.25. The van der Waals surface area contributed by atoms with Crippen molar-refractivity contribution in [2.24, 2.45) is 34.5 Å². The maximum Gasteiger partial charge on any atom is 0.133 e. The maximum atomic E-state index is 12.1. The van der Waals surface area contributed by atoms with Crippen LogP contribution in [0.4, 0.5) is 0 Å². The Labute approximate surface area is 148 Å². The van der Waals surface area contributed by atoms with E-state index >= 15 is 0 Å². The molecule has 3 saturated carbocycles. The molecule has 2 nitrogen and oxygen atoms in total. The third kappa shape index (κ3) is 2.52. The number of hydrogen-bond donors (Lipinski definition) is 1. The quantitative estimate of drug-likeness (QED) is 0.674. The maximum absolute atomic E-state index is 12.1. The van der Waals surface area contributed by atoms with E-state index in [1.807, 2.05) is 6.92 Å². The summed E-state index contributed by atoms with van der Waals surface area (Å²) in [7, 11) is 1.00. The van der Waals surface area contributed by atoms with Crippen LogP contribution >= 0.6 is 0 Å². The largest absolute Gasteiger partial charge is 0.400 e. The normalized spacial score (nSPS) is 46.6. The summed E-state index contributed by atoms with van der Waals surface area (Å²) in [5.74, 6) is 3.37. The van der Waals surface area contributed by atoms with Crippen LogP contribution in [0.25, 0.3) is 0 Å². The molecule has 0 radical (unpaired) electrons. The van der Waals surface area contributed by atoms with Crippen LogP contribution < -0.4 is 0 Å². The minimum atomic E-state index is 0.309. The van der Waals surface area contributed by atoms with Gasteiger partial charge >= 0.3 is 0 Å². The summed E-state index contributed by atoms with van der Waals surface area (Å²) >= 11 is 0. The van der Waals surface area contributed by atoms with Gasteiger partial charge < -0.3 is 5.11 Å². The summed E-state index contributed by atoms with van der Waals surface area (Å²) in [5, 5.41) is 7.00. The Morgan fingerprint density at radius 1 is 1.08 bits per heavy atom. The summed E-state index contributed by atoms with van der Waals surface area (Å²) in [6.45, 7) is 6.87. The number of hydrogen-bond acceptors (Lipinski definition) is 2. The molecule has 4 aliphatic rings. The molecule has 24 heavy (non-hydrogen) atoms. The Bertz CT molecular complexity index is 522. The van der Waals surface area contributed by atoms with Gasteiger partial charge in [-0.25, -0.2) is 0 Å². The molecule has 2 heteroatoms. The molecule has 6 atom stereocenters. The topological polar surface area (TPSA) is 37.3 Å². The summed E-state index contributed by atoms with van der Waals surface area (Å²) in [6.07, 6.45) is 14.7. The summed E-state index contributed by atoms with van der Waals surface area (Å²) in [5.41, 5.74) is 2.60. The van der Waals surface area contributed by atoms with Gasteiger partial charge in [-0.1, -0.05) is 31.9 Å². The van der Waals surface area contributed by atoms with Crippen LogP contribution in [-0.4, -0.2) is 18.0 Å². The Hall–Kier alpha value is -0.630. The molecule has 0 amide bonds. The number of Topliss-reactive ketones (excluding diaryl/α,β-unsaturated/α-hetero) is 1. The zero-order valence-corrected chi connectivity index (χ0v) is 16.1. The lowest BCUT2D eigenvalue weighted by Crippen LogP contribution is -2.50. The molecule has 136 valence electrons. The molecule has 0 aromatic rings. The number of rotatable bonds is 1. The third-order valence-corrected chi connectivity index (χ3v) is 8.51. The van der Waals surface area contributed by atoms with Crippen LogP contribution in [0.1, 0.15) is 78.6 Å². The fourth-order valence-electron chi connectivity index (χ4n) is 7.37. The fraction of sp³-hybridized carbons (Fsp3) is 0.864. The van der Waals surface area contributed by atoms with E-state index in [1.54, 1.807) is 5.57 Å². The lowest BCUT2D eigenvalue weighted by Gasteiger charge is -2.57. The molecule has 1 N–H and O–H groups in total. The van der Waals surface area contributed by atoms with Crippen LogP contribution in [0.15, 0.2) is 11.6 Å². The first-order valence-electron chi connectivity index (χ1n) is 10.1. The van der Waals surface area contributed by atoms with Gasteiger partial charge in [-0.3, -0.25) is 4.79 Å². The predicted octanol–water partition coefficient (Wildman–Crippen LogP) is 5.15. The lowest BCUT2D eigenvalue weighted by molar-refractivity contribution is -0.127. The summed E-state index contributed by atoms with van der Waals surface area (Å²) < 4.78 is 0. The van der Waals surface area contributed by atoms with Gasteiger partial charge in [0, 0.05) is 13.0 Å². The number of ketones is 1. The number of carbonyl (C=O) groups excluding carboxylic acids is 1. The highest BCUT2D eigenvalue weighted by atomic mass is 16.2. The van der Waals surface area contributed by atoms with Crippen LogP contribution in [0.2, 0.25) is 0 Å². The predicted molar refractivity (Wildman–Crippen MR) is 98.6 cm³/mol. The molecular weight excluding hydrogens is 296 g/mol. The van der Waals surface area contributed by atoms with E-state index in [1.165, 1.54) is 51.4 Å². The van der Waals surface area contributed by atoms with Gasteiger partial charge in [0.05, 0.1) is 0 Å². The van der Waals surface area contributed by atoms with Gasteiger partial charge in [0.2, 0.25) is 0 Å². The van der Waals surface area contributed by atoms with E-state index in [4.69, 9.17) is 5.11 Å². The minimum absolute atomic E-state index is 0.309. The van der Waals surface area contributed by atoms with Crippen molar-refractivity contribution in [2.75, 3.05) is 7.11 Å². The summed E-state index contributed by atoms with van der Waals surface area (Å²) in [6, 6.07) is 0. The van der Waals surface area contributed by atoms with Gasteiger partial charge in [-0.2, -0.15) is 0 Å². The molecule has 0 bridgehead atoms. The first-order chi connectivity index (χ1) is 11.5. The smallest absolute Gasteiger partial charge is 0.133 e. The van der Waals surface area contributed by atoms with Crippen LogP contribution in [0, 0.1) is 34.5 Å². The Balaban J connectivity index is 0.000000815. The van der Waals surface area contributed by atoms with Gasteiger partial charge in [0.15, 0.2) is 0 Å². The minimum Gasteiger partial charge on any atom is -0.400 e. The number of carbonyl (C=O) groups is 1. The van der Waals surface area contributed by atoms with E-state index in [-0.39, 0.29) is 0 Å².